The number of likely N-dealkylation sites (tertiary alicyclic amines) is 1. The van der Waals surface area contributed by atoms with Gasteiger partial charge in [-0.15, -0.1) is 0 Å². The number of aromatic nitrogens is 1. The summed E-state index contributed by atoms with van der Waals surface area (Å²) < 4.78 is 0. The van der Waals surface area contributed by atoms with Gasteiger partial charge in [0.25, 0.3) is 0 Å². The fourth-order valence-electron chi connectivity index (χ4n) is 2.40. The predicted molar refractivity (Wildman–Crippen MR) is 77.1 cm³/mol. The summed E-state index contributed by atoms with van der Waals surface area (Å²) in [5.74, 6) is 0.631. The van der Waals surface area contributed by atoms with E-state index in [1.54, 1.807) is 11.1 Å². The molecule has 0 unspecified atom stereocenters. The molecule has 1 atom stereocenters. The first-order valence-corrected chi connectivity index (χ1v) is 6.97. The lowest BCUT2D eigenvalue weighted by atomic mass is 10.1. The Hall–Kier alpha value is -1.91. The summed E-state index contributed by atoms with van der Waals surface area (Å²) in [5, 5.41) is 2.79. The fourth-order valence-corrected chi connectivity index (χ4v) is 2.40. The molecule has 108 valence electrons. The first-order valence-electron chi connectivity index (χ1n) is 6.97. The second-order valence-electron chi connectivity index (χ2n) is 5.80. The largest absolute Gasteiger partial charge is 0.342 e. The van der Waals surface area contributed by atoms with Crippen molar-refractivity contribution < 1.29 is 9.59 Å². The third-order valence-corrected chi connectivity index (χ3v) is 3.34. The van der Waals surface area contributed by atoms with E-state index in [0.29, 0.717) is 31.2 Å². The average molecular weight is 275 g/mol. The topological polar surface area (TPSA) is 62.3 Å². The third-order valence-electron chi connectivity index (χ3n) is 3.34. The number of amides is 2. The number of anilines is 1. The number of pyridine rings is 1. The van der Waals surface area contributed by atoms with E-state index in [9.17, 15) is 9.59 Å². The third kappa shape index (κ3) is 3.56. The van der Waals surface area contributed by atoms with Crippen molar-refractivity contribution in [2.24, 2.45) is 11.8 Å². The van der Waals surface area contributed by atoms with Crippen LogP contribution in [0.5, 0.6) is 0 Å². The first-order chi connectivity index (χ1) is 9.45. The highest BCUT2D eigenvalue weighted by atomic mass is 16.2. The van der Waals surface area contributed by atoms with Crippen molar-refractivity contribution in [1.82, 2.24) is 9.88 Å². The van der Waals surface area contributed by atoms with Crippen LogP contribution in [0.2, 0.25) is 0 Å². The molecule has 1 fully saturated rings. The van der Waals surface area contributed by atoms with Gasteiger partial charge in [-0.3, -0.25) is 9.59 Å². The molecule has 1 aromatic heterocycles. The van der Waals surface area contributed by atoms with Crippen molar-refractivity contribution >= 4 is 17.6 Å². The van der Waals surface area contributed by atoms with E-state index in [1.165, 1.54) is 0 Å². The summed E-state index contributed by atoms with van der Waals surface area (Å²) >= 11 is 0. The molecule has 2 amide bonds. The minimum absolute atomic E-state index is 0.0658. The highest BCUT2D eigenvalue weighted by Crippen LogP contribution is 2.20. The minimum Gasteiger partial charge on any atom is -0.342 e. The Morgan fingerprint density at radius 2 is 2.30 bits per heavy atom. The Kier molecular flexibility index (Phi) is 4.37. The molecule has 1 N–H and O–H groups in total. The van der Waals surface area contributed by atoms with Crippen LogP contribution in [-0.4, -0.2) is 34.8 Å². The van der Waals surface area contributed by atoms with Gasteiger partial charge in [0.1, 0.15) is 5.82 Å². The van der Waals surface area contributed by atoms with Crippen LogP contribution < -0.4 is 5.32 Å². The van der Waals surface area contributed by atoms with E-state index in [1.807, 2.05) is 19.1 Å². The summed E-state index contributed by atoms with van der Waals surface area (Å²) in [4.78, 5) is 29.9. The van der Waals surface area contributed by atoms with Crippen molar-refractivity contribution in [3.63, 3.8) is 0 Å². The molecule has 0 bridgehead atoms. The molecule has 0 aromatic carbocycles. The van der Waals surface area contributed by atoms with Gasteiger partial charge < -0.3 is 10.2 Å². The van der Waals surface area contributed by atoms with Gasteiger partial charge >= 0.3 is 0 Å². The van der Waals surface area contributed by atoms with Gasteiger partial charge in [0.15, 0.2) is 0 Å². The highest BCUT2D eigenvalue weighted by molar-refractivity contribution is 5.96. The van der Waals surface area contributed by atoms with Gasteiger partial charge in [0.2, 0.25) is 11.8 Å². The Morgan fingerprint density at radius 1 is 1.55 bits per heavy atom. The standard InChI is InChI=1S/C15H21N3O2/c1-10(2)8-18-9-12(7-14(18)19)15(20)17-13-6-11(3)4-5-16-13/h4-6,10,12H,7-9H2,1-3H3,(H,16,17,20)/t12-/m1/s1. The van der Waals surface area contributed by atoms with Gasteiger partial charge in [0.05, 0.1) is 5.92 Å². The molecule has 0 saturated carbocycles. The Balaban J connectivity index is 1.95. The molecule has 2 rings (SSSR count). The number of carbonyl (C=O) groups excluding carboxylic acids is 2. The highest BCUT2D eigenvalue weighted by Gasteiger charge is 2.34. The Labute approximate surface area is 119 Å². The molecule has 1 aromatic rings. The summed E-state index contributed by atoms with van der Waals surface area (Å²) in [6.07, 6.45) is 1.96. The zero-order valence-corrected chi connectivity index (χ0v) is 12.2. The van der Waals surface area contributed by atoms with Gasteiger partial charge in [-0.1, -0.05) is 13.8 Å². The summed E-state index contributed by atoms with van der Waals surface area (Å²) in [6.45, 7) is 7.30. The average Bonchev–Trinajstić information content (AvgIpc) is 2.70. The van der Waals surface area contributed by atoms with Crippen LogP contribution in [0.25, 0.3) is 0 Å². The molecule has 5 heteroatoms. The van der Waals surface area contributed by atoms with Gasteiger partial charge in [0, 0.05) is 25.7 Å². The van der Waals surface area contributed by atoms with Crippen molar-refractivity contribution in [3.05, 3.63) is 23.9 Å². The van der Waals surface area contributed by atoms with E-state index in [2.05, 4.69) is 24.1 Å². The molecule has 0 radical (unpaired) electrons. The molecular formula is C15H21N3O2. The van der Waals surface area contributed by atoms with E-state index in [0.717, 1.165) is 5.56 Å². The molecular weight excluding hydrogens is 254 g/mol. The van der Waals surface area contributed by atoms with Crippen molar-refractivity contribution in [2.75, 3.05) is 18.4 Å². The number of nitrogens with one attached hydrogen (secondary N) is 1. The summed E-state index contributed by atoms with van der Waals surface area (Å²) in [5.41, 5.74) is 1.04. The lowest BCUT2D eigenvalue weighted by Crippen LogP contribution is -2.31. The van der Waals surface area contributed by atoms with Crippen LogP contribution in [0.3, 0.4) is 0 Å². The number of rotatable bonds is 4. The number of hydrogen-bond donors (Lipinski definition) is 1. The Morgan fingerprint density at radius 3 is 2.95 bits per heavy atom. The van der Waals surface area contributed by atoms with Gasteiger partial charge in [-0.05, 0) is 30.5 Å². The smallest absolute Gasteiger partial charge is 0.230 e. The number of carbonyl (C=O) groups is 2. The summed E-state index contributed by atoms with van der Waals surface area (Å²) in [6, 6.07) is 3.69. The van der Waals surface area contributed by atoms with E-state index in [-0.39, 0.29) is 17.7 Å². The lowest BCUT2D eigenvalue weighted by molar-refractivity contribution is -0.128. The van der Waals surface area contributed by atoms with Gasteiger partial charge in [-0.25, -0.2) is 4.98 Å². The normalized spacial score (nSPS) is 18.7. The van der Waals surface area contributed by atoms with E-state index >= 15 is 0 Å². The molecule has 0 aliphatic carbocycles. The van der Waals surface area contributed by atoms with Crippen LogP contribution in [-0.2, 0) is 9.59 Å². The summed E-state index contributed by atoms with van der Waals surface area (Å²) in [7, 11) is 0. The van der Waals surface area contributed by atoms with E-state index < -0.39 is 0 Å². The molecule has 2 heterocycles. The SMILES string of the molecule is Cc1ccnc(NC(=O)[C@@H]2CC(=O)N(CC(C)C)C2)c1. The van der Waals surface area contributed by atoms with Crippen LogP contribution >= 0.6 is 0 Å². The molecule has 5 nitrogen and oxygen atoms in total. The lowest BCUT2D eigenvalue weighted by Gasteiger charge is -2.18. The zero-order chi connectivity index (χ0) is 14.7. The van der Waals surface area contributed by atoms with Crippen LogP contribution in [0.15, 0.2) is 18.3 Å². The maximum Gasteiger partial charge on any atom is 0.230 e. The van der Waals surface area contributed by atoms with Crippen molar-refractivity contribution in [3.8, 4) is 0 Å². The quantitative estimate of drug-likeness (QED) is 0.912. The zero-order valence-electron chi connectivity index (χ0n) is 12.2. The maximum absolute atomic E-state index is 12.2. The number of hydrogen-bond acceptors (Lipinski definition) is 3. The van der Waals surface area contributed by atoms with Crippen LogP contribution in [0, 0.1) is 18.8 Å². The van der Waals surface area contributed by atoms with Crippen molar-refractivity contribution in [2.45, 2.75) is 27.2 Å². The Bertz CT molecular complexity index is 514. The molecule has 20 heavy (non-hydrogen) atoms. The maximum atomic E-state index is 12.2. The number of nitrogens with zero attached hydrogens (tertiary/aromatic N) is 2. The van der Waals surface area contributed by atoms with Crippen molar-refractivity contribution in [1.29, 1.82) is 0 Å². The fraction of sp³-hybridized carbons (Fsp3) is 0.533. The number of aryl methyl sites for hydroxylation is 1. The monoisotopic (exact) mass is 275 g/mol. The molecule has 1 aliphatic rings. The molecule has 0 spiro atoms. The van der Waals surface area contributed by atoms with Crippen LogP contribution in [0.1, 0.15) is 25.8 Å². The second kappa shape index (κ2) is 6.03. The second-order valence-corrected chi connectivity index (χ2v) is 5.80. The molecule has 1 saturated heterocycles. The minimum atomic E-state index is -0.274. The van der Waals surface area contributed by atoms with Gasteiger partial charge in [-0.2, -0.15) is 0 Å². The molecule has 1 aliphatic heterocycles. The van der Waals surface area contributed by atoms with Crippen LogP contribution in [0.4, 0.5) is 5.82 Å². The predicted octanol–water partition coefficient (Wildman–Crippen LogP) is 1.83. The first kappa shape index (κ1) is 14.5. The van der Waals surface area contributed by atoms with E-state index in [4.69, 9.17) is 0 Å².